The first-order valence-electron chi connectivity index (χ1n) is 6.34. The molecule has 0 radical (unpaired) electrons. The summed E-state index contributed by atoms with van der Waals surface area (Å²) in [5.74, 6) is 0.264. The van der Waals surface area contributed by atoms with E-state index in [0.29, 0.717) is 5.82 Å². The summed E-state index contributed by atoms with van der Waals surface area (Å²) in [6, 6.07) is 1.26. The van der Waals surface area contributed by atoms with Gasteiger partial charge < -0.3 is 15.8 Å². The van der Waals surface area contributed by atoms with E-state index in [-0.39, 0.29) is 17.1 Å². The van der Waals surface area contributed by atoms with Crippen molar-refractivity contribution < 1.29 is 10.1 Å². The second kappa shape index (κ2) is 7.27. The normalized spacial score (nSPS) is 11.4. The lowest BCUT2D eigenvalue weighted by Gasteiger charge is -2.20. The van der Waals surface area contributed by atoms with Crippen molar-refractivity contribution in [2.24, 2.45) is 10.9 Å². The van der Waals surface area contributed by atoms with Crippen molar-refractivity contribution in [2.75, 3.05) is 18.5 Å². The molecule has 0 aliphatic heterocycles. The number of hydrogen-bond donors (Lipinski definition) is 2. The fourth-order valence-corrected chi connectivity index (χ4v) is 1.80. The summed E-state index contributed by atoms with van der Waals surface area (Å²) in [6.07, 6.45) is 4.31. The maximum atomic E-state index is 10.8. The number of rotatable bonds is 7. The Hall–Kier alpha value is -2.38. The third-order valence-electron chi connectivity index (χ3n) is 2.91. The van der Waals surface area contributed by atoms with E-state index in [1.807, 2.05) is 11.9 Å². The average molecular weight is 281 g/mol. The van der Waals surface area contributed by atoms with Gasteiger partial charge in [-0.2, -0.15) is 0 Å². The van der Waals surface area contributed by atoms with Gasteiger partial charge in [0.05, 0.1) is 10.5 Å². The highest BCUT2D eigenvalue weighted by molar-refractivity contribution is 6.01. The van der Waals surface area contributed by atoms with Crippen LogP contribution < -0.4 is 10.6 Å². The Bertz CT molecular complexity index is 504. The van der Waals surface area contributed by atoms with Crippen molar-refractivity contribution in [3.05, 3.63) is 27.9 Å². The van der Waals surface area contributed by atoms with Crippen LogP contribution in [-0.4, -0.2) is 34.5 Å². The SMILES string of the molecule is CCCCCN(C)c1ncc([N+](=O)[O-])cc1C(N)=NO. The number of pyridine rings is 1. The van der Waals surface area contributed by atoms with Crippen molar-refractivity contribution in [3.8, 4) is 0 Å². The molecule has 20 heavy (non-hydrogen) atoms. The number of oxime groups is 1. The van der Waals surface area contributed by atoms with Crippen LogP contribution in [0, 0.1) is 10.1 Å². The van der Waals surface area contributed by atoms with Gasteiger partial charge in [-0.1, -0.05) is 24.9 Å². The first-order valence-corrected chi connectivity index (χ1v) is 6.34. The minimum absolute atomic E-state index is 0.196. The predicted molar refractivity (Wildman–Crippen MR) is 76.2 cm³/mol. The van der Waals surface area contributed by atoms with Crippen LogP contribution >= 0.6 is 0 Å². The molecule has 0 bridgehead atoms. The first kappa shape index (κ1) is 15.7. The monoisotopic (exact) mass is 281 g/mol. The maximum absolute atomic E-state index is 10.8. The van der Waals surface area contributed by atoms with Gasteiger partial charge in [-0.3, -0.25) is 10.1 Å². The fourth-order valence-electron chi connectivity index (χ4n) is 1.80. The molecule has 1 rings (SSSR count). The standard InChI is InChI=1S/C12H19N5O3/c1-3-4-5-6-16(2)12-10(11(13)15-18)7-9(8-14-12)17(19)20/h7-8,18H,3-6H2,1-2H3,(H2,13,15). The zero-order chi connectivity index (χ0) is 15.1. The summed E-state index contributed by atoms with van der Waals surface area (Å²) in [4.78, 5) is 16.1. The molecule has 0 aromatic carbocycles. The number of unbranched alkanes of at least 4 members (excludes halogenated alkanes) is 2. The lowest BCUT2D eigenvalue weighted by molar-refractivity contribution is -0.385. The predicted octanol–water partition coefficient (Wildman–Crippen LogP) is 1.71. The Labute approximate surface area is 117 Å². The summed E-state index contributed by atoms with van der Waals surface area (Å²) in [5, 5.41) is 22.5. The van der Waals surface area contributed by atoms with E-state index < -0.39 is 4.92 Å². The second-order valence-electron chi connectivity index (χ2n) is 4.44. The number of hydrogen-bond acceptors (Lipinski definition) is 6. The van der Waals surface area contributed by atoms with E-state index >= 15 is 0 Å². The Morgan fingerprint density at radius 2 is 2.30 bits per heavy atom. The van der Waals surface area contributed by atoms with E-state index in [9.17, 15) is 10.1 Å². The largest absolute Gasteiger partial charge is 0.409 e. The highest BCUT2D eigenvalue weighted by Gasteiger charge is 2.17. The molecular formula is C12H19N5O3. The number of nitrogens with two attached hydrogens (primary N) is 1. The van der Waals surface area contributed by atoms with Gasteiger partial charge in [0.25, 0.3) is 5.69 Å². The Morgan fingerprint density at radius 1 is 1.60 bits per heavy atom. The van der Waals surface area contributed by atoms with Gasteiger partial charge in [-0.05, 0) is 6.42 Å². The van der Waals surface area contributed by atoms with Gasteiger partial charge in [0, 0.05) is 19.7 Å². The molecule has 3 N–H and O–H groups in total. The van der Waals surface area contributed by atoms with E-state index in [2.05, 4.69) is 17.1 Å². The molecule has 0 unspecified atom stereocenters. The van der Waals surface area contributed by atoms with E-state index in [1.165, 1.54) is 12.3 Å². The van der Waals surface area contributed by atoms with Crippen molar-refractivity contribution in [3.63, 3.8) is 0 Å². The molecular weight excluding hydrogens is 262 g/mol. The fraction of sp³-hybridized carbons (Fsp3) is 0.500. The Balaban J connectivity index is 3.08. The molecule has 0 atom stereocenters. The van der Waals surface area contributed by atoms with Gasteiger partial charge in [0.15, 0.2) is 5.84 Å². The number of nitrogens with zero attached hydrogens (tertiary/aromatic N) is 4. The van der Waals surface area contributed by atoms with Crippen molar-refractivity contribution >= 4 is 17.3 Å². The van der Waals surface area contributed by atoms with Crippen LogP contribution in [0.4, 0.5) is 11.5 Å². The van der Waals surface area contributed by atoms with Gasteiger partial charge in [-0.25, -0.2) is 4.98 Å². The molecule has 0 saturated carbocycles. The van der Waals surface area contributed by atoms with Crippen LogP contribution in [0.15, 0.2) is 17.4 Å². The van der Waals surface area contributed by atoms with Gasteiger partial charge in [0.1, 0.15) is 12.0 Å². The molecule has 0 aliphatic rings. The summed E-state index contributed by atoms with van der Waals surface area (Å²) in [7, 11) is 1.82. The number of anilines is 1. The third-order valence-corrected chi connectivity index (χ3v) is 2.91. The number of amidine groups is 1. The summed E-state index contributed by atoms with van der Waals surface area (Å²) < 4.78 is 0. The van der Waals surface area contributed by atoms with Crippen LogP contribution in [0.5, 0.6) is 0 Å². The molecule has 0 saturated heterocycles. The Kier molecular flexibility index (Phi) is 5.70. The van der Waals surface area contributed by atoms with Gasteiger partial charge in [0.2, 0.25) is 0 Å². The summed E-state index contributed by atoms with van der Waals surface area (Å²) >= 11 is 0. The highest BCUT2D eigenvalue weighted by atomic mass is 16.6. The Morgan fingerprint density at radius 3 is 2.85 bits per heavy atom. The molecule has 8 nitrogen and oxygen atoms in total. The van der Waals surface area contributed by atoms with Gasteiger partial charge in [-0.15, -0.1) is 0 Å². The molecule has 110 valence electrons. The topological polar surface area (TPSA) is 118 Å². The summed E-state index contributed by atoms with van der Waals surface area (Å²) in [5.41, 5.74) is 5.62. The van der Waals surface area contributed by atoms with Crippen LogP contribution in [0.2, 0.25) is 0 Å². The molecule has 8 heteroatoms. The molecule has 1 aromatic rings. The molecule has 0 amide bonds. The molecule has 0 spiro atoms. The van der Waals surface area contributed by atoms with E-state index in [1.54, 1.807) is 0 Å². The molecule has 0 aliphatic carbocycles. The third kappa shape index (κ3) is 3.81. The zero-order valence-electron chi connectivity index (χ0n) is 11.6. The number of aromatic nitrogens is 1. The highest BCUT2D eigenvalue weighted by Crippen LogP contribution is 2.22. The quantitative estimate of drug-likeness (QED) is 0.196. The van der Waals surface area contributed by atoms with Gasteiger partial charge >= 0.3 is 0 Å². The smallest absolute Gasteiger partial charge is 0.288 e. The van der Waals surface area contributed by atoms with Crippen LogP contribution in [0.3, 0.4) is 0 Å². The van der Waals surface area contributed by atoms with Crippen molar-refractivity contribution in [1.29, 1.82) is 0 Å². The van der Waals surface area contributed by atoms with Crippen molar-refractivity contribution in [2.45, 2.75) is 26.2 Å². The lowest BCUT2D eigenvalue weighted by atomic mass is 10.2. The molecule has 1 aromatic heterocycles. The summed E-state index contributed by atoms with van der Waals surface area (Å²) in [6.45, 7) is 2.84. The van der Waals surface area contributed by atoms with Crippen LogP contribution in [0.25, 0.3) is 0 Å². The average Bonchev–Trinajstić information content (AvgIpc) is 2.45. The minimum atomic E-state index is -0.567. The van der Waals surface area contributed by atoms with Crippen LogP contribution in [0.1, 0.15) is 31.7 Å². The minimum Gasteiger partial charge on any atom is -0.409 e. The second-order valence-corrected chi connectivity index (χ2v) is 4.44. The van der Waals surface area contributed by atoms with Crippen LogP contribution in [-0.2, 0) is 0 Å². The van der Waals surface area contributed by atoms with E-state index in [4.69, 9.17) is 10.9 Å². The first-order chi connectivity index (χ1) is 9.51. The number of nitro groups is 1. The molecule has 0 fully saturated rings. The molecule has 1 heterocycles. The van der Waals surface area contributed by atoms with Crippen molar-refractivity contribution in [1.82, 2.24) is 4.98 Å². The maximum Gasteiger partial charge on any atom is 0.288 e. The zero-order valence-corrected chi connectivity index (χ0v) is 11.6. The van der Waals surface area contributed by atoms with E-state index in [0.717, 1.165) is 25.8 Å². The lowest BCUT2D eigenvalue weighted by Crippen LogP contribution is -2.25.